The number of rotatable bonds is 3. The van der Waals surface area contributed by atoms with E-state index in [0.29, 0.717) is 16.7 Å². The maximum absolute atomic E-state index is 11.3. The molecule has 0 saturated carbocycles. The van der Waals surface area contributed by atoms with Crippen LogP contribution in [0.4, 0.5) is 5.69 Å². The lowest BCUT2D eigenvalue weighted by Crippen LogP contribution is -2.24. The highest BCUT2D eigenvalue weighted by atomic mass is 79.9. The number of carbonyl (C=O) groups excluding carboxylic acids is 1. The van der Waals surface area contributed by atoms with Crippen molar-refractivity contribution in [2.75, 3.05) is 12.3 Å². The molecule has 0 bridgehead atoms. The van der Waals surface area contributed by atoms with Gasteiger partial charge in [0.15, 0.2) is 0 Å². The van der Waals surface area contributed by atoms with Gasteiger partial charge in [0.25, 0.3) is 5.91 Å². The lowest BCUT2D eigenvalue weighted by Gasteiger charge is -2.01. The highest BCUT2D eigenvalue weighted by Crippen LogP contribution is 2.11. The van der Waals surface area contributed by atoms with Crippen molar-refractivity contribution in [1.29, 1.82) is 0 Å². The van der Waals surface area contributed by atoms with E-state index in [-0.39, 0.29) is 11.7 Å². The van der Waals surface area contributed by atoms with E-state index in [0.717, 1.165) is 0 Å². The largest absolute Gasteiger partial charge is 0.457 e. The van der Waals surface area contributed by atoms with Crippen LogP contribution in [-0.2, 0) is 0 Å². The average Bonchev–Trinajstić information content (AvgIpc) is 2.47. The van der Waals surface area contributed by atoms with Crippen LogP contribution in [0.3, 0.4) is 0 Å². The van der Waals surface area contributed by atoms with Gasteiger partial charge in [-0.3, -0.25) is 4.79 Å². The lowest BCUT2D eigenvalue weighted by molar-refractivity contribution is 0.0931. The first-order valence-electron chi connectivity index (χ1n) is 3.55. The van der Waals surface area contributed by atoms with Crippen LogP contribution in [0.1, 0.15) is 10.6 Å². The molecular formula is C8H9BrN2O2. The Morgan fingerprint density at radius 1 is 1.77 bits per heavy atom. The normalized spacial score (nSPS) is 9.62. The fourth-order valence-electron chi connectivity index (χ4n) is 0.760. The number of hydrogen-bond donors (Lipinski definition) is 2. The molecule has 0 aromatic carbocycles. The summed E-state index contributed by atoms with van der Waals surface area (Å²) in [5, 5.41) is 2.57. The van der Waals surface area contributed by atoms with Gasteiger partial charge in [0.05, 0.1) is 12.0 Å². The van der Waals surface area contributed by atoms with Gasteiger partial charge < -0.3 is 15.5 Å². The Labute approximate surface area is 83.9 Å². The smallest absolute Gasteiger partial charge is 0.289 e. The van der Waals surface area contributed by atoms with Crippen LogP contribution in [0.5, 0.6) is 0 Å². The van der Waals surface area contributed by atoms with Gasteiger partial charge in [0.1, 0.15) is 0 Å². The molecule has 13 heavy (non-hydrogen) atoms. The Bertz CT molecular complexity index is 333. The molecule has 70 valence electrons. The van der Waals surface area contributed by atoms with Crippen molar-refractivity contribution in [1.82, 2.24) is 5.32 Å². The van der Waals surface area contributed by atoms with Crippen LogP contribution in [0.15, 0.2) is 27.8 Å². The first-order chi connectivity index (χ1) is 6.11. The molecule has 1 heterocycles. The fourth-order valence-corrected chi connectivity index (χ4v) is 0.900. The van der Waals surface area contributed by atoms with Crippen molar-refractivity contribution in [3.63, 3.8) is 0 Å². The molecule has 1 aromatic rings. The number of hydrogen-bond acceptors (Lipinski definition) is 3. The van der Waals surface area contributed by atoms with Crippen molar-refractivity contribution >= 4 is 27.5 Å². The van der Waals surface area contributed by atoms with Crippen molar-refractivity contribution in [3.05, 3.63) is 29.2 Å². The van der Waals surface area contributed by atoms with E-state index < -0.39 is 0 Å². The van der Waals surface area contributed by atoms with Gasteiger partial charge in [0.2, 0.25) is 5.76 Å². The molecule has 0 unspecified atom stereocenters. The summed E-state index contributed by atoms with van der Waals surface area (Å²) in [6.07, 6.45) is 1.37. The van der Waals surface area contributed by atoms with E-state index in [1.54, 1.807) is 0 Å². The Morgan fingerprint density at radius 2 is 2.46 bits per heavy atom. The summed E-state index contributed by atoms with van der Waals surface area (Å²) in [6, 6.07) is 1.53. The van der Waals surface area contributed by atoms with E-state index in [9.17, 15) is 4.79 Å². The molecule has 0 aliphatic rings. The van der Waals surface area contributed by atoms with Crippen LogP contribution in [0.2, 0.25) is 0 Å². The highest BCUT2D eigenvalue weighted by Gasteiger charge is 2.12. The molecule has 4 nitrogen and oxygen atoms in total. The molecule has 0 spiro atoms. The van der Waals surface area contributed by atoms with Gasteiger partial charge >= 0.3 is 0 Å². The molecule has 0 fully saturated rings. The molecule has 1 rings (SSSR count). The summed E-state index contributed by atoms with van der Waals surface area (Å²) < 4.78 is 5.56. The zero-order chi connectivity index (χ0) is 9.84. The van der Waals surface area contributed by atoms with Crippen LogP contribution >= 0.6 is 15.9 Å². The number of nitrogens with one attached hydrogen (secondary N) is 1. The number of furan rings is 1. The molecule has 5 heteroatoms. The number of anilines is 1. The second kappa shape index (κ2) is 4.13. The third-order valence-corrected chi connectivity index (χ3v) is 1.62. The molecule has 0 saturated heterocycles. The number of carbonyl (C=O) groups is 1. The van der Waals surface area contributed by atoms with Crippen LogP contribution in [0.25, 0.3) is 0 Å². The Hall–Kier alpha value is -1.23. The second-order valence-corrected chi connectivity index (χ2v) is 3.53. The minimum atomic E-state index is -0.344. The lowest BCUT2D eigenvalue weighted by atomic mass is 10.3. The van der Waals surface area contributed by atoms with Gasteiger partial charge in [-0.05, 0) is 0 Å². The van der Waals surface area contributed by atoms with Gasteiger partial charge in [-0.2, -0.15) is 0 Å². The summed E-state index contributed by atoms with van der Waals surface area (Å²) in [5.41, 5.74) is 5.79. The SMILES string of the molecule is C=C(Br)CNC(=O)c1occc1N. The predicted molar refractivity (Wildman–Crippen MR) is 53.5 cm³/mol. The molecular weight excluding hydrogens is 236 g/mol. The number of nitrogens with two attached hydrogens (primary N) is 1. The standard InChI is InChI=1S/C8H9BrN2O2/c1-5(9)4-11-8(12)7-6(10)2-3-13-7/h2-3H,1,4,10H2,(H,11,12). The zero-order valence-corrected chi connectivity index (χ0v) is 8.43. The van der Waals surface area contributed by atoms with Crippen molar-refractivity contribution in [2.24, 2.45) is 0 Å². The number of amides is 1. The summed E-state index contributed by atoms with van der Waals surface area (Å²) in [6.45, 7) is 3.92. The first kappa shape index (κ1) is 9.85. The molecule has 0 radical (unpaired) electrons. The first-order valence-corrected chi connectivity index (χ1v) is 4.35. The maximum Gasteiger partial charge on any atom is 0.289 e. The number of nitrogen functional groups attached to an aromatic ring is 1. The van der Waals surface area contributed by atoms with Crippen LogP contribution in [0, 0.1) is 0 Å². The Morgan fingerprint density at radius 3 is 2.92 bits per heavy atom. The summed E-state index contributed by atoms with van der Waals surface area (Å²) >= 11 is 3.11. The third-order valence-electron chi connectivity index (χ3n) is 1.34. The van der Waals surface area contributed by atoms with Gasteiger partial charge in [-0.1, -0.05) is 22.5 Å². The third kappa shape index (κ3) is 2.62. The van der Waals surface area contributed by atoms with Crippen molar-refractivity contribution in [2.45, 2.75) is 0 Å². The molecule has 1 amide bonds. The van der Waals surface area contributed by atoms with E-state index in [1.807, 2.05) is 0 Å². The van der Waals surface area contributed by atoms with E-state index in [2.05, 4.69) is 27.8 Å². The van der Waals surface area contributed by atoms with Crippen LogP contribution < -0.4 is 11.1 Å². The van der Waals surface area contributed by atoms with E-state index >= 15 is 0 Å². The minimum Gasteiger partial charge on any atom is -0.457 e. The predicted octanol–water partition coefficient (Wildman–Crippen LogP) is 1.50. The van der Waals surface area contributed by atoms with Gasteiger partial charge in [-0.15, -0.1) is 0 Å². The summed E-state index contributed by atoms with van der Waals surface area (Å²) in [7, 11) is 0. The van der Waals surface area contributed by atoms with Gasteiger partial charge in [-0.25, -0.2) is 0 Å². The van der Waals surface area contributed by atoms with E-state index in [1.165, 1.54) is 12.3 Å². The summed E-state index contributed by atoms with van der Waals surface area (Å²) in [4.78, 5) is 11.3. The molecule has 0 atom stereocenters. The van der Waals surface area contributed by atoms with E-state index in [4.69, 9.17) is 10.2 Å². The second-order valence-electron chi connectivity index (χ2n) is 2.41. The Balaban J connectivity index is 2.59. The van der Waals surface area contributed by atoms with Crippen molar-refractivity contribution in [3.8, 4) is 0 Å². The Kier molecular flexibility index (Phi) is 3.13. The minimum absolute atomic E-state index is 0.133. The highest BCUT2D eigenvalue weighted by molar-refractivity contribution is 9.11. The van der Waals surface area contributed by atoms with Gasteiger partial charge in [0, 0.05) is 17.1 Å². The zero-order valence-electron chi connectivity index (χ0n) is 6.84. The maximum atomic E-state index is 11.3. The summed E-state index contributed by atoms with van der Waals surface area (Å²) in [5.74, 6) is -0.211. The molecule has 0 aliphatic heterocycles. The monoisotopic (exact) mass is 244 g/mol. The average molecular weight is 245 g/mol. The van der Waals surface area contributed by atoms with Crippen LogP contribution in [-0.4, -0.2) is 12.5 Å². The molecule has 3 N–H and O–H groups in total. The molecule has 0 aliphatic carbocycles. The molecule has 1 aromatic heterocycles. The van der Waals surface area contributed by atoms with Crippen molar-refractivity contribution < 1.29 is 9.21 Å². The fraction of sp³-hybridized carbons (Fsp3) is 0.125. The quantitative estimate of drug-likeness (QED) is 0.847. The topological polar surface area (TPSA) is 68.3 Å². The number of halogens is 1.